The summed E-state index contributed by atoms with van der Waals surface area (Å²) in [5.74, 6) is 0. The van der Waals surface area contributed by atoms with E-state index in [0.717, 1.165) is 41.2 Å². The summed E-state index contributed by atoms with van der Waals surface area (Å²) < 4.78 is 1.02. The van der Waals surface area contributed by atoms with Gasteiger partial charge in [0, 0.05) is 34.8 Å². The first-order chi connectivity index (χ1) is 9.63. The summed E-state index contributed by atoms with van der Waals surface area (Å²) in [6.45, 7) is 2.83. The average Bonchev–Trinajstić information content (AvgIpc) is 2.42. The summed E-state index contributed by atoms with van der Waals surface area (Å²) in [4.78, 5) is 2.41. The van der Waals surface area contributed by atoms with Gasteiger partial charge in [-0.2, -0.15) is 0 Å². The minimum atomic E-state index is 0.817. The highest BCUT2D eigenvalue weighted by Crippen LogP contribution is 2.27. The third-order valence-corrected chi connectivity index (χ3v) is 4.64. The van der Waals surface area contributed by atoms with Gasteiger partial charge in [0.15, 0.2) is 0 Å². The number of rotatable bonds is 2. The lowest BCUT2D eigenvalue weighted by molar-refractivity contribution is 0.246. The average molecular weight is 352 g/mol. The Kier molecular flexibility index (Phi) is 4.01. The Morgan fingerprint density at radius 3 is 2.90 bits per heavy atom. The van der Waals surface area contributed by atoms with Crippen LogP contribution in [0.2, 0.25) is 5.02 Å². The van der Waals surface area contributed by atoms with Gasteiger partial charge in [-0.3, -0.25) is 4.90 Å². The molecular weight excluding hydrogens is 336 g/mol. The van der Waals surface area contributed by atoms with Crippen LogP contribution in [0.3, 0.4) is 0 Å². The van der Waals surface area contributed by atoms with Crippen molar-refractivity contribution in [2.75, 3.05) is 12.3 Å². The number of hydrogen-bond acceptors (Lipinski definition) is 2. The summed E-state index contributed by atoms with van der Waals surface area (Å²) >= 11 is 9.74. The Hall–Kier alpha value is -1.03. The lowest BCUT2D eigenvalue weighted by Crippen LogP contribution is -2.30. The second-order valence-corrected chi connectivity index (χ2v) is 6.50. The molecule has 3 rings (SSSR count). The molecule has 0 unspecified atom stereocenters. The Morgan fingerprint density at radius 1 is 1.25 bits per heavy atom. The lowest BCUT2D eigenvalue weighted by atomic mass is 9.97. The summed E-state index contributed by atoms with van der Waals surface area (Å²) in [7, 11) is 0. The molecule has 104 valence electrons. The number of anilines is 1. The van der Waals surface area contributed by atoms with Crippen molar-refractivity contribution >= 4 is 33.2 Å². The van der Waals surface area contributed by atoms with Crippen LogP contribution in [0.15, 0.2) is 40.9 Å². The maximum atomic E-state index is 6.30. The number of fused-ring (bicyclic) bond motifs is 1. The largest absolute Gasteiger partial charge is 0.398 e. The smallest absolute Gasteiger partial charge is 0.0462 e. The van der Waals surface area contributed by atoms with Gasteiger partial charge < -0.3 is 5.73 Å². The molecule has 2 N–H and O–H groups in total. The molecule has 2 aromatic carbocycles. The number of nitrogens with two attached hydrogens (primary N) is 1. The van der Waals surface area contributed by atoms with E-state index in [1.54, 1.807) is 0 Å². The Labute approximate surface area is 132 Å². The van der Waals surface area contributed by atoms with E-state index in [1.807, 2.05) is 24.3 Å². The van der Waals surface area contributed by atoms with Crippen molar-refractivity contribution in [1.29, 1.82) is 0 Å². The molecule has 2 aromatic rings. The van der Waals surface area contributed by atoms with E-state index in [2.05, 4.69) is 33.0 Å². The third kappa shape index (κ3) is 2.85. The molecule has 0 atom stereocenters. The van der Waals surface area contributed by atoms with Crippen molar-refractivity contribution in [3.8, 4) is 0 Å². The Balaban J connectivity index is 1.77. The number of nitrogens with zero attached hydrogens (tertiary/aromatic N) is 1. The molecule has 0 saturated heterocycles. The van der Waals surface area contributed by atoms with Gasteiger partial charge in [0.2, 0.25) is 0 Å². The molecule has 0 spiro atoms. The van der Waals surface area contributed by atoms with Crippen LogP contribution in [-0.2, 0) is 19.5 Å². The molecule has 0 fully saturated rings. The highest BCUT2D eigenvalue weighted by atomic mass is 79.9. The van der Waals surface area contributed by atoms with Crippen LogP contribution in [0.25, 0.3) is 0 Å². The van der Waals surface area contributed by atoms with Crippen LogP contribution in [0.1, 0.15) is 16.7 Å². The van der Waals surface area contributed by atoms with Crippen molar-refractivity contribution < 1.29 is 0 Å². The molecule has 0 radical (unpaired) electrons. The fourth-order valence-corrected chi connectivity index (χ4v) is 3.46. The van der Waals surface area contributed by atoms with Gasteiger partial charge in [-0.15, -0.1) is 0 Å². The zero-order valence-corrected chi connectivity index (χ0v) is 13.4. The number of hydrogen-bond donors (Lipinski definition) is 1. The van der Waals surface area contributed by atoms with E-state index in [1.165, 1.54) is 16.7 Å². The molecule has 1 aliphatic heterocycles. The van der Waals surface area contributed by atoms with Crippen molar-refractivity contribution in [3.05, 3.63) is 62.6 Å². The molecule has 2 nitrogen and oxygen atoms in total. The standard InChI is InChI=1S/C16H16BrClN2/c17-13-5-4-12(15(18)8-13)10-20-7-6-14-11(9-20)2-1-3-16(14)19/h1-5,8H,6-7,9-10,19H2. The predicted octanol–water partition coefficient (Wildman–Crippen LogP) is 4.24. The van der Waals surface area contributed by atoms with Crippen molar-refractivity contribution in [3.63, 3.8) is 0 Å². The maximum absolute atomic E-state index is 6.30. The fraction of sp³-hybridized carbons (Fsp3) is 0.250. The molecule has 1 heterocycles. The quantitative estimate of drug-likeness (QED) is 0.820. The first-order valence-electron chi connectivity index (χ1n) is 6.66. The summed E-state index contributed by atoms with van der Waals surface area (Å²) in [5, 5.41) is 0.817. The van der Waals surface area contributed by atoms with Gasteiger partial charge >= 0.3 is 0 Å². The maximum Gasteiger partial charge on any atom is 0.0462 e. The van der Waals surface area contributed by atoms with Crippen LogP contribution < -0.4 is 5.73 Å². The molecule has 0 aromatic heterocycles. The van der Waals surface area contributed by atoms with Crippen LogP contribution in [0.5, 0.6) is 0 Å². The number of halogens is 2. The number of nitrogen functional groups attached to an aromatic ring is 1. The molecule has 20 heavy (non-hydrogen) atoms. The summed E-state index contributed by atoms with van der Waals surface area (Å²) in [5.41, 5.74) is 10.8. The van der Waals surface area contributed by atoms with E-state index >= 15 is 0 Å². The Morgan fingerprint density at radius 2 is 2.10 bits per heavy atom. The van der Waals surface area contributed by atoms with E-state index in [-0.39, 0.29) is 0 Å². The topological polar surface area (TPSA) is 29.3 Å². The van der Waals surface area contributed by atoms with Crippen LogP contribution in [0, 0.1) is 0 Å². The van der Waals surface area contributed by atoms with E-state index in [9.17, 15) is 0 Å². The zero-order chi connectivity index (χ0) is 14.1. The van der Waals surface area contributed by atoms with E-state index in [4.69, 9.17) is 17.3 Å². The Bertz CT molecular complexity index is 642. The first kappa shape index (κ1) is 13.9. The van der Waals surface area contributed by atoms with Crippen molar-refractivity contribution in [2.24, 2.45) is 0 Å². The van der Waals surface area contributed by atoms with Gasteiger partial charge in [0.25, 0.3) is 0 Å². The van der Waals surface area contributed by atoms with Crippen LogP contribution in [0.4, 0.5) is 5.69 Å². The minimum Gasteiger partial charge on any atom is -0.398 e. The second kappa shape index (κ2) is 5.76. The normalized spacial score (nSPS) is 15.1. The van der Waals surface area contributed by atoms with Gasteiger partial charge in [-0.05, 0) is 41.3 Å². The van der Waals surface area contributed by atoms with Crippen LogP contribution >= 0.6 is 27.5 Å². The molecular formula is C16H16BrClN2. The molecule has 0 bridgehead atoms. The van der Waals surface area contributed by atoms with Crippen molar-refractivity contribution in [1.82, 2.24) is 4.90 Å². The fourth-order valence-electron chi connectivity index (χ4n) is 2.72. The zero-order valence-electron chi connectivity index (χ0n) is 11.1. The highest BCUT2D eigenvalue weighted by Gasteiger charge is 2.18. The van der Waals surface area contributed by atoms with E-state index < -0.39 is 0 Å². The molecule has 0 amide bonds. The van der Waals surface area contributed by atoms with Crippen LogP contribution in [-0.4, -0.2) is 11.4 Å². The monoisotopic (exact) mass is 350 g/mol. The van der Waals surface area contributed by atoms with Gasteiger partial charge in [-0.1, -0.05) is 45.7 Å². The second-order valence-electron chi connectivity index (χ2n) is 5.18. The highest BCUT2D eigenvalue weighted by molar-refractivity contribution is 9.10. The molecule has 0 aliphatic carbocycles. The SMILES string of the molecule is Nc1cccc2c1CCN(Cc1ccc(Br)cc1Cl)C2. The number of benzene rings is 2. The van der Waals surface area contributed by atoms with Gasteiger partial charge in [-0.25, -0.2) is 0 Å². The summed E-state index contributed by atoms with van der Waals surface area (Å²) in [6, 6.07) is 12.3. The first-order valence-corrected chi connectivity index (χ1v) is 7.83. The lowest BCUT2D eigenvalue weighted by Gasteiger charge is -2.29. The van der Waals surface area contributed by atoms with Gasteiger partial charge in [0.1, 0.15) is 0 Å². The van der Waals surface area contributed by atoms with Gasteiger partial charge in [0.05, 0.1) is 0 Å². The van der Waals surface area contributed by atoms with E-state index in [0.29, 0.717) is 0 Å². The molecule has 1 aliphatic rings. The molecule has 4 heteroatoms. The predicted molar refractivity (Wildman–Crippen MR) is 87.8 cm³/mol. The molecule has 0 saturated carbocycles. The van der Waals surface area contributed by atoms with Crippen molar-refractivity contribution in [2.45, 2.75) is 19.5 Å². The minimum absolute atomic E-state index is 0.817. The third-order valence-electron chi connectivity index (χ3n) is 3.79. The summed E-state index contributed by atoms with van der Waals surface area (Å²) in [6.07, 6.45) is 1.01.